The summed E-state index contributed by atoms with van der Waals surface area (Å²) in [6, 6.07) is 9.60. The molecule has 138 valence electrons. The number of thiophene rings is 1. The standard InChI is InChI=1S/C20H21N5OS/c1-20(2,3)12-9-10-14-15(11-12)27-18-16(14)17(26)24(13-7-5-4-6-8-13)19-21-22-23-25(18)19/h4-8,12H,9-11H2,1-3H3. The summed E-state index contributed by atoms with van der Waals surface area (Å²) < 4.78 is 3.35. The van der Waals surface area contributed by atoms with Crippen molar-refractivity contribution in [3.8, 4) is 5.69 Å². The average molecular weight is 379 g/mol. The van der Waals surface area contributed by atoms with Crippen LogP contribution < -0.4 is 5.56 Å². The molecule has 0 bridgehead atoms. The zero-order chi connectivity index (χ0) is 18.8. The van der Waals surface area contributed by atoms with Crippen molar-refractivity contribution >= 4 is 27.3 Å². The fraction of sp³-hybridized carbons (Fsp3) is 0.400. The monoisotopic (exact) mass is 379 g/mol. The van der Waals surface area contributed by atoms with Gasteiger partial charge in [0, 0.05) is 4.88 Å². The molecular formula is C20H21N5OS. The Morgan fingerprint density at radius 2 is 1.96 bits per heavy atom. The van der Waals surface area contributed by atoms with E-state index in [1.165, 1.54) is 10.4 Å². The highest BCUT2D eigenvalue weighted by molar-refractivity contribution is 7.18. The summed E-state index contributed by atoms with van der Waals surface area (Å²) in [6.07, 6.45) is 3.07. The number of hydrogen-bond acceptors (Lipinski definition) is 5. The van der Waals surface area contributed by atoms with Crippen molar-refractivity contribution in [1.29, 1.82) is 0 Å². The molecule has 0 amide bonds. The van der Waals surface area contributed by atoms with E-state index in [1.54, 1.807) is 20.4 Å². The van der Waals surface area contributed by atoms with Gasteiger partial charge in [0.25, 0.3) is 11.3 Å². The van der Waals surface area contributed by atoms with Crippen molar-refractivity contribution in [2.45, 2.75) is 40.0 Å². The summed E-state index contributed by atoms with van der Waals surface area (Å²) in [4.78, 5) is 15.7. The van der Waals surface area contributed by atoms with Gasteiger partial charge in [0.2, 0.25) is 0 Å². The number of benzene rings is 1. The molecule has 0 N–H and O–H groups in total. The van der Waals surface area contributed by atoms with Gasteiger partial charge in [-0.15, -0.1) is 11.3 Å². The predicted octanol–water partition coefficient (Wildman–Crippen LogP) is 3.64. The Kier molecular flexibility index (Phi) is 3.53. The lowest BCUT2D eigenvalue weighted by atomic mass is 9.72. The van der Waals surface area contributed by atoms with Gasteiger partial charge >= 0.3 is 0 Å². The van der Waals surface area contributed by atoms with Crippen LogP contribution in [0.5, 0.6) is 0 Å². The first-order chi connectivity index (χ1) is 12.9. The minimum atomic E-state index is -0.0230. The number of hydrogen-bond donors (Lipinski definition) is 0. The molecule has 0 saturated carbocycles. The van der Waals surface area contributed by atoms with Gasteiger partial charge in [-0.3, -0.25) is 4.79 Å². The first-order valence-electron chi connectivity index (χ1n) is 9.28. The molecule has 1 aliphatic carbocycles. The van der Waals surface area contributed by atoms with Crippen LogP contribution in [-0.4, -0.2) is 24.6 Å². The number of tetrazole rings is 1. The highest BCUT2D eigenvalue weighted by atomic mass is 32.1. The smallest absolute Gasteiger partial charge is 0.268 e. The van der Waals surface area contributed by atoms with Gasteiger partial charge in [0.05, 0.1) is 11.1 Å². The molecule has 27 heavy (non-hydrogen) atoms. The van der Waals surface area contributed by atoms with Gasteiger partial charge in [-0.25, -0.2) is 4.57 Å². The third-order valence-electron chi connectivity index (χ3n) is 5.75. The third-order valence-corrected chi connectivity index (χ3v) is 6.98. The summed E-state index contributed by atoms with van der Waals surface area (Å²) >= 11 is 1.68. The predicted molar refractivity (Wildman–Crippen MR) is 107 cm³/mol. The van der Waals surface area contributed by atoms with E-state index >= 15 is 0 Å². The van der Waals surface area contributed by atoms with Crippen LogP contribution in [-0.2, 0) is 12.8 Å². The molecular weight excluding hydrogens is 358 g/mol. The van der Waals surface area contributed by atoms with Crippen LogP contribution in [0.25, 0.3) is 21.7 Å². The lowest BCUT2D eigenvalue weighted by Gasteiger charge is -2.33. The van der Waals surface area contributed by atoms with Crippen LogP contribution in [0.1, 0.15) is 37.6 Å². The number of para-hydroxylation sites is 1. The molecule has 1 aromatic carbocycles. The minimum absolute atomic E-state index is 0.0230. The van der Waals surface area contributed by atoms with E-state index < -0.39 is 0 Å². The normalized spacial score (nSPS) is 17.5. The molecule has 3 aromatic heterocycles. The van der Waals surface area contributed by atoms with E-state index in [0.29, 0.717) is 11.7 Å². The van der Waals surface area contributed by atoms with Crippen LogP contribution in [0.15, 0.2) is 35.1 Å². The Morgan fingerprint density at radius 3 is 2.70 bits per heavy atom. The number of rotatable bonds is 1. The molecule has 1 aliphatic rings. The Morgan fingerprint density at radius 1 is 1.19 bits per heavy atom. The van der Waals surface area contributed by atoms with Crippen molar-refractivity contribution in [2.24, 2.45) is 11.3 Å². The third kappa shape index (κ3) is 2.45. The van der Waals surface area contributed by atoms with Crippen LogP contribution in [0.3, 0.4) is 0 Å². The number of aromatic nitrogens is 5. The molecule has 7 heteroatoms. The van der Waals surface area contributed by atoms with Gasteiger partial charge in [-0.1, -0.05) is 44.1 Å². The second kappa shape index (κ2) is 5.73. The lowest BCUT2D eigenvalue weighted by molar-refractivity contribution is 0.218. The van der Waals surface area contributed by atoms with Crippen molar-refractivity contribution < 1.29 is 0 Å². The average Bonchev–Trinajstić information content (AvgIpc) is 3.25. The van der Waals surface area contributed by atoms with E-state index in [4.69, 9.17) is 0 Å². The van der Waals surface area contributed by atoms with Crippen LogP contribution in [0, 0.1) is 11.3 Å². The largest absolute Gasteiger partial charge is 0.268 e. The topological polar surface area (TPSA) is 65.1 Å². The van der Waals surface area contributed by atoms with Crippen molar-refractivity contribution in [2.75, 3.05) is 0 Å². The molecule has 6 nitrogen and oxygen atoms in total. The Bertz CT molecular complexity index is 1210. The zero-order valence-corrected chi connectivity index (χ0v) is 16.5. The van der Waals surface area contributed by atoms with Crippen LogP contribution in [0.4, 0.5) is 0 Å². The van der Waals surface area contributed by atoms with E-state index in [0.717, 1.165) is 35.2 Å². The number of fused-ring (bicyclic) bond motifs is 5. The molecule has 4 aromatic rings. The molecule has 1 atom stereocenters. The highest BCUT2D eigenvalue weighted by Crippen LogP contribution is 2.42. The van der Waals surface area contributed by atoms with E-state index in [9.17, 15) is 4.79 Å². The van der Waals surface area contributed by atoms with Gasteiger partial charge in [-0.05, 0) is 58.7 Å². The zero-order valence-electron chi connectivity index (χ0n) is 15.6. The van der Waals surface area contributed by atoms with Gasteiger partial charge in [0.1, 0.15) is 4.83 Å². The lowest BCUT2D eigenvalue weighted by Crippen LogP contribution is -2.27. The van der Waals surface area contributed by atoms with Gasteiger partial charge in [0.15, 0.2) is 0 Å². The summed E-state index contributed by atoms with van der Waals surface area (Å²) in [5.41, 5.74) is 2.22. The number of nitrogens with zero attached hydrogens (tertiary/aromatic N) is 5. The van der Waals surface area contributed by atoms with Crippen LogP contribution in [0.2, 0.25) is 0 Å². The second-order valence-electron chi connectivity index (χ2n) is 8.36. The molecule has 0 fully saturated rings. The number of aryl methyl sites for hydroxylation is 1. The minimum Gasteiger partial charge on any atom is -0.268 e. The first-order valence-corrected chi connectivity index (χ1v) is 10.1. The molecule has 0 spiro atoms. The molecule has 0 radical (unpaired) electrons. The van der Waals surface area contributed by atoms with Crippen molar-refractivity contribution in [1.82, 2.24) is 24.6 Å². The maximum atomic E-state index is 13.5. The maximum Gasteiger partial charge on any atom is 0.268 e. The summed E-state index contributed by atoms with van der Waals surface area (Å²) in [5.74, 6) is 1.09. The molecule has 3 heterocycles. The van der Waals surface area contributed by atoms with Gasteiger partial charge in [-0.2, -0.15) is 4.52 Å². The van der Waals surface area contributed by atoms with E-state index in [-0.39, 0.29) is 11.0 Å². The molecule has 5 rings (SSSR count). The van der Waals surface area contributed by atoms with Gasteiger partial charge < -0.3 is 0 Å². The van der Waals surface area contributed by atoms with E-state index in [2.05, 4.69) is 36.3 Å². The van der Waals surface area contributed by atoms with E-state index in [1.807, 2.05) is 30.3 Å². The molecule has 1 unspecified atom stereocenters. The molecule has 0 saturated heterocycles. The SMILES string of the molecule is CC(C)(C)C1CCc2c(sc3c2c(=O)n(-c2ccccc2)c2nnnn32)C1. The second-order valence-corrected chi connectivity index (χ2v) is 9.44. The summed E-state index contributed by atoms with van der Waals surface area (Å²) in [7, 11) is 0. The Labute approximate surface area is 160 Å². The Balaban J connectivity index is 1.82. The maximum absolute atomic E-state index is 13.5. The van der Waals surface area contributed by atoms with Crippen molar-refractivity contribution in [3.63, 3.8) is 0 Å². The van der Waals surface area contributed by atoms with Crippen molar-refractivity contribution in [3.05, 3.63) is 51.1 Å². The Hall–Kier alpha value is -2.54. The summed E-state index contributed by atoms with van der Waals surface area (Å²) in [6.45, 7) is 6.91. The summed E-state index contributed by atoms with van der Waals surface area (Å²) in [5, 5.41) is 13.0. The fourth-order valence-electron chi connectivity index (χ4n) is 4.15. The van der Waals surface area contributed by atoms with Crippen LogP contribution >= 0.6 is 11.3 Å². The highest BCUT2D eigenvalue weighted by Gasteiger charge is 2.32. The fourth-order valence-corrected chi connectivity index (χ4v) is 5.51. The molecule has 0 aliphatic heterocycles. The quantitative estimate of drug-likeness (QED) is 0.506. The first kappa shape index (κ1) is 16.6.